The minimum Gasteiger partial charge on any atom is -0.396 e. The topological polar surface area (TPSA) is 41.5 Å². The third-order valence-electron chi connectivity index (χ3n) is 3.78. The molecule has 0 spiro atoms. The third kappa shape index (κ3) is 5.08. The number of aliphatic hydroxyl groups is 1. The van der Waals surface area contributed by atoms with Crippen molar-refractivity contribution in [2.75, 3.05) is 18.5 Å². The molecule has 0 aliphatic carbocycles. The molecule has 112 valence electrons. The van der Waals surface area contributed by atoms with Crippen LogP contribution in [-0.2, 0) is 4.74 Å². The van der Waals surface area contributed by atoms with Crippen LogP contribution in [0.3, 0.4) is 0 Å². The van der Waals surface area contributed by atoms with Crippen molar-refractivity contribution in [3.05, 3.63) is 28.7 Å². The molecule has 1 fully saturated rings. The molecule has 1 saturated heterocycles. The lowest BCUT2D eigenvalue weighted by molar-refractivity contribution is 0.0922. The van der Waals surface area contributed by atoms with Crippen molar-refractivity contribution in [2.24, 2.45) is 0 Å². The predicted octanol–water partition coefficient (Wildman–Crippen LogP) is 3.96. The standard InChI is InChI=1S/C16H24BrNO2/c17-13-7-9-14(10-8-13)18-15(5-2-1-3-11-19)16-6-4-12-20-16/h7-10,15-16,18-19H,1-6,11-12H2. The Labute approximate surface area is 129 Å². The van der Waals surface area contributed by atoms with Gasteiger partial charge in [-0.3, -0.25) is 0 Å². The van der Waals surface area contributed by atoms with Crippen LogP contribution in [0.1, 0.15) is 38.5 Å². The van der Waals surface area contributed by atoms with E-state index >= 15 is 0 Å². The van der Waals surface area contributed by atoms with E-state index in [4.69, 9.17) is 9.84 Å². The first-order chi connectivity index (χ1) is 9.79. The average Bonchev–Trinajstić information content (AvgIpc) is 2.98. The van der Waals surface area contributed by atoms with Gasteiger partial charge in [-0.05, 0) is 49.9 Å². The number of anilines is 1. The zero-order chi connectivity index (χ0) is 14.2. The molecular weight excluding hydrogens is 318 g/mol. The van der Waals surface area contributed by atoms with Crippen LogP contribution in [0.4, 0.5) is 5.69 Å². The number of rotatable bonds is 8. The van der Waals surface area contributed by atoms with E-state index in [9.17, 15) is 0 Å². The Kier molecular flexibility index (Phi) is 6.83. The monoisotopic (exact) mass is 341 g/mol. The van der Waals surface area contributed by atoms with Crippen LogP contribution in [0.15, 0.2) is 28.7 Å². The number of halogens is 1. The fourth-order valence-corrected chi connectivity index (χ4v) is 2.95. The molecule has 1 aliphatic heterocycles. The molecule has 1 aliphatic rings. The molecule has 0 aromatic heterocycles. The second-order valence-corrected chi connectivity index (χ2v) is 6.30. The lowest BCUT2D eigenvalue weighted by atomic mass is 10.0. The Morgan fingerprint density at radius 1 is 1.25 bits per heavy atom. The Morgan fingerprint density at radius 3 is 2.70 bits per heavy atom. The van der Waals surface area contributed by atoms with Crippen LogP contribution in [-0.4, -0.2) is 30.5 Å². The van der Waals surface area contributed by atoms with Gasteiger partial charge in [0.2, 0.25) is 0 Å². The first kappa shape index (κ1) is 15.8. The molecule has 0 bridgehead atoms. The normalized spacial score (nSPS) is 20.0. The summed E-state index contributed by atoms with van der Waals surface area (Å²) in [4.78, 5) is 0. The molecule has 20 heavy (non-hydrogen) atoms. The minimum atomic E-state index is 0.296. The Hall–Kier alpha value is -0.580. The van der Waals surface area contributed by atoms with E-state index in [2.05, 4.69) is 45.5 Å². The molecule has 1 aromatic carbocycles. The molecular formula is C16H24BrNO2. The van der Waals surface area contributed by atoms with Crippen LogP contribution in [0.2, 0.25) is 0 Å². The van der Waals surface area contributed by atoms with Gasteiger partial charge in [-0.2, -0.15) is 0 Å². The maximum Gasteiger partial charge on any atom is 0.0776 e. The minimum absolute atomic E-state index is 0.296. The van der Waals surface area contributed by atoms with Crippen LogP contribution in [0.25, 0.3) is 0 Å². The van der Waals surface area contributed by atoms with E-state index in [0.29, 0.717) is 18.8 Å². The van der Waals surface area contributed by atoms with Crippen molar-refractivity contribution >= 4 is 21.6 Å². The molecule has 0 saturated carbocycles. The summed E-state index contributed by atoms with van der Waals surface area (Å²) in [5, 5.41) is 12.5. The number of hydrogen-bond donors (Lipinski definition) is 2. The van der Waals surface area contributed by atoms with Crippen LogP contribution in [0.5, 0.6) is 0 Å². The summed E-state index contributed by atoms with van der Waals surface area (Å²) in [6.07, 6.45) is 6.86. The molecule has 2 unspecified atom stereocenters. The third-order valence-corrected chi connectivity index (χ3v) is 4.31. The summed E-state index contributed by atoms with van der Waals surface area (Å²) < 4.78 is 6.94. The molecule has 0 amide bonds. The van der Waals surface area contributed by atoms with Crippen molar-refractivity contribution in [3.8, 4) is 0 Å². The number of hydrogen-bond acceptors (Lipinski definition) is 3. The largest absolute Gasteiger partial charge is 0.396 e. The van der Waals surface area contributed by atoms with Crippen molar-refractivity contribution in [2.45, 2.75) is 50.7 Å². The molecule has 1 heterocycles. The van der Waals surface area contributed by atoms with Gasteiger partial charge in [0.1, 0.15) is 0 Å². The number of benzene rings is 1. The first-order valence-electron chi connectivity index (χ1n) is 7.54. The van der Waals surface area contributed by atoms with Crippen molar-refractivity contribution < 1.29 is 9.84 Å². The first-order valence-corrected chi connectivity index (χ1v) is 8.33. The van der Waals surface area contributed by atoms with Crippen LogP contribution in [0, 0.1) is 0 Å². The maximum absolute atomic E-state index is 8.86. The van der Waals surface area contributed by atoms with Gasteiger partial charge in [0.05, 0.1) is 12.1 Å². The molecule has 3 nitrogen and oxygen atoms in total. The number of unbranched alkanes of at least 4 members (excludes halogenated alkanes) is 2. The second-order valence-electron chi connectivity index (χ2n) is 5.38. The van der Waals surface area contributed by atoms with E-state index < -0.39 is 0 Å². The Balaban J connectivity index is 1.89. The molecule has 2 atom stereocenters. The second kappa shape index (κ2) is 8.65. The molecule has 2 N–H and O–H groups in total. The van der Waals surface area contributed by atoms with E-state index in [-0.39, 0.29) is 0 Å². The van der Waals surface area contributed by atoms with Crippen molar-refractivity contribution in [1.82, 2.24) is 0 Å². The van der Waals surface area contributed by atoms with Gasteiger partial charge in [-0.1, -0.05) is 28.8 Å². The summed E-state index contributed by atoms with van der Waals surface area (Å²) in [5.41, 5.74) is 1.15. The molecule has 1 aromatic rings. The number of ether oxygens (including phenoxy) is 1. The van der Waals surface area contributed by atoms with Gasteiger partial charge < -0.3 is 15.2 Å². The fraction of sp³-hybridized carbons (Fsp3) is 0.625. The van der Waals surface area contributed by atoms with Gasteiger partial charge in [-0.25, -0.2) is 0 Å². The quantitative estimate of drug-likeness (QED) is 0.703. The van der Waals surface area contributed by atoms with E-state index in [0.717, 1.165) is 48.9 Å². The number of nitrogens with one attached hydrogen (secondary N) is 1. The smallest absolute Gasteiger partial charge is 0.0776 e. The highest BCUT2D eigenvalue weighted by atomic mass is 79.9. The summed E-state index contributed by atoms with van der Waals surface area (Å²) in [7, 11) is 0. The summed E-state index contributed by atoms with van der Waals surface area (Å²) in [6.45, 7) is 1.19. The van der Waals surface area contributed by atoms with E-state index in [1.54, 1.807) is 0 Å². The van der Waals surface area contributed by atoms with E-state index in [1.165, 1.54) is 6.42 Å². The zero-order valence-corrected chi connectivity index (χ0v) is 13.4. The number of aliphatic hydroxyl groups excluding tert-OH is 1. The lowest BCUT2D eigenvalue weighted by Gasteiger charge is -2.25. The predicted molar refractivity (Wildman–Crippen MR) is 86.1 cm³/mol. The highest BCUT2D eigenvalue weighted by molar-refractivity contribution is 9.10. The molecule has 4 heteroatoms. The average molecular weight is 342 g/mol. The zero-order valence-electron chi connectivity index (χ0n) is 11.9. The van der Waals surface area contributed by atoms with Gasteiger partial charge in [0, 0.05) is 23.4 Å². The highest BCUT2D eigenvalue weighted by Crippen LogP contribution is 2.24. The van der Waals surface area contributed by atoms with Gasteiger partial charge in [-0.15, -0.1) is 0 Å². The molecule has 2 rings (SSSR count). The molecule has 0 radical (unpaired) electrons. The van der Waals surface area contributed by atoms with Crippen molar-refractivity contribution in [1.29, 1.82) is 0 Å². The summed E-state index contributed by atoms with van der Waals surface area (Å²) in [6, 6.07) is 8.68. The van der Waals surface area contributed by atoms with E-state index in [1.807, 2.05) is 0 Å². The fourth-order valence-electron chi connectivity index (χ4n) is 2.68. The van der Waals surface area contributed by atoms with Gasteiger partial charge >= 0.3 is 0 Å². The lowest BCUT2D eigenvalue weighted by Crippen LogP contribution is -2.33. The van der Waals surface area contributed by atoms with Gasteiger partial charge in [0.15, 0.2) is 0 Å². The Bertz CT molecular complexity index is 377. The Morgan fingerprint density at radius 2 is 2.05 bits per heavy atom. The summed E-state index contributed by atoms with van der Waals surface area (Å²) in [5.74, 6) is 0. The van der Waals surface area contributed by atoms with Crippen LogP contribution >= 0.6 is 15.9 Å². The highest BCUT2D eigenvalue weighted by Gasteiger charge is 2.25. The summed E-state index contributed by atoms with van der Waals surface area (Å²) >= 11 is 3.46. The van der Waals surface area contributed by atoms with Crippen LogP contribution < -0.4 is 5.32 Å². The van der Waals surface area contributed by atoms with Gasteiger partial charge in [0.25, 0.3) is 0 Å². The van der Waals surface area contributed by atoms with Crippen molar-refractivity contribution in [3.63, 3.8) is 0 Å². The maximum atomic E-state index is 8.86. The SMILES string of the molecule is OCCCCCC(Nc1ccc(Br)cc1)C1CCCO1.